The van der Waals surface area contributed by atoms with E-state index < -0.39 is 11.9 Å². The zero-order valence-electron chi connectivity index (χ0n) is 14.7. The first-order valence-corrected chi connectivity index (χ1v) is 8.84. The fraction of sp³-hybridized carbons (Fsp3) is 0.182. The highest BCUT2D eigenvalue weighted by Crippen LogP contribution is 2.27. The third-order valence-corrected chi connectivity index (χ3v) is 4.90. The van der Waals surface area contributed by atoms with Gasteiger partial charge in [-0.25, -0.2) is 0 Å². The van der Waals surface area contributed by atoms with Crippen molar-refractivity contribution in [3.05, 3.63) is 72.3 Å². The first-order chi connectivity index (χ1) is 13.1. The van der Waals surface area contributed by atoms with Gasteiger partial charge in [0.2, 0.25) is 5.91 Å². The summed E-state index contributed by atoms with van der Waals surface area (Å²) in [6, 6.07) is 21.5. The molecule has 4 rings (SSSR count). The molecule has 5 nitrogen and oxygen atoms in total. The molecule has 1 aliphatic heterocycles. The largest absolute Gasteiger partial charge is 0.489 e. The molecule has 0 unspecified atom stereocenters. The first-order valence-electron chi connectivity index (χ1n) is 8.84. The molecule has 136 valence electrons. The Hall–Kier alpha value is -3.34. The highest BCUT2D eigenvalue weighted by molar-refractivity contribution is 5.99. The van der Waals surface area contributed by atoms with Crippen LogP contribution in [0.1, 0.15) is 12.0 Å². The lowest BCUT2D eigenvalue weighted by molar-refractivity contribution is -0.141. The van der Waals surface area contributed by atoms with Crippen LogP contribution in [0.4, 0.5) is 5.69 Å². The molecule has 1 heterocycles. The molecule has 0 saturated carbocycles. The predicted octanol–water partition coefficient (Wildman–Crippen LogP) is 3.86. The molecule has 1 saturated heterocycles. The number of nitrogens with zero attached hydrogens (tertiary/aromatic N) is 1. The zero-order chi connectivity index (χ0) is 18.8. The average Bonchev–Trinajstić information content (AvgIpc) is 3.09. The van der Waals surface area contributed by atoms with Crippen molar-refractivity contribution in [1.29, 1.82) is 0 Å². The van der Waals surface area contributed by atoms with Crippen molar-refractivity contribution in [1.82, 2.24) is 0 Å². The number of anilines is 1. The fourth-order valence-corrected chi connectivity index (χ4v) is 3.42. The Morgan fingerprint density at radius 3 is 2.52 bits per heavy atom. The van der Waals surface area contributed by atoms with Gasteiger partial charge in [0.25, 0.3) is 0 Å². The highest BCUT2D eigenvalue weighted by atomic mass is 16.5. The van der Waals surface area contributed by atoms with E-state index in [1.54, 1.807) is 12.1 Å². The number of rotatable bonds is 5. The van der Waals surface area contributed by atoms with Crippen molar-refractivity contribution in [2.45, 2.75) is 13.0 Å². The molecule has 1 aliphatic rings. The van der Waals surface area contributed by atoms with Crippen molar-refractivity contribution >= 4 is 28.3 Å². The van der Waals surface area contributed by atoms with Crippen LogP contribution in [0.3, 0.4) is 0 Å². The van der Waals surface area contributed by atoms with Crippen LogP contribution in [0, 0.1) is 5.92 Å². The van der Waals surface area contributed by atoms with Gasteiger partial charge < -0.3 is 14.7 Å². The molecule has 0 bridgehead atoms. The summed E-state index contributed by atoms with van der Waals surface area (Å²) in [7, 11) is 0. The Morgan fingerprint density at radius 2 is 1.78 bits per heavy atom. The van der Waals surface area contributed by atoms with Crippen LogP contribution in [0.25, 0.3) is 10.8 Å². The maximum atomic E-state index is 12.0. The van der Waals surface area contributed by atoms with E-state index in [1.807, 2.05) is 36.4 Å². The molecule has 3 aromatic carbocycles. The lowest BCUT2D eigenvalue weighted by Crippen LogP contribution is -2.25. The number of aliphatic carboxylic acids is 1. The van der Waals surface area contributed by atoms with Crippen molar-refractivity contribution in [3.8, 4) is 5.75 Å². The first kappa shape index (κ1) is 17.1. The van der Waals surface area contributed by atoms with Crippen LogP contribution < -0.4 is 9.64 Å². The number of carbonyl (C=O) groups is 2. The fourth-order valence-electron chi connectivity index (χ4n) is 3.42. The number of carbonyl (C=O) groups excluding carboxylic acids is 1. The van der Waals surface area contributed by atoms with Crippen LogP contribution >= 0.6 is 0 Å². The maximum absolute atomic E-state index is 12.0. The molecular formula is C22H19NO4. The molecule has 3 aromatic rings. The summed E-state index contributed by atoms with van der Waals surface area (Å²) >= 11 is 0. The Bertz CT molecular complexity index is 991. The Morgan fingerprint density at radius 1 is 1.04 bits per heavy atom. The van der Waals surface area contributed by atoms with Gasteiger partial charge in [0.15, 0.2) is 0 Å². The molecular weight excluding hydrogens is 342 g/mol. The van der Waals surface area contributed by atoms with Gasteiger partial charge in [-0.05, 0) is 40.6 Å². The number of amides is 1. The minimum Gasteiger partial charge on any atom is -0.489 e. The predicted molar refractivity (Wildman–Crippen MR) is 103 cm³/mol. The number of benzene rings is 3. The zero-order valence-corrected chi connectivity index (χ0v) is 14.7. The van der Waals surface area contributed by atoms with Gasteiger partial charge in [0.05, 0.1) is 5.92 Å². The van der Waals surface area contributed by atoms with E-state index in [0.29, 0.717) is 18.0 Å². The van der Waals surface area contributed by atoms with Crippen molar-refractivity contribution in [2.24, 2.45) is 5.92 Å². The Kier molecular flexibility index (Phi) is 4.50. The van der Waals surface area contributed by atoms with Crippen molar-refractivity contribution in [2.75, 3.05) is 11.4 Å². The van der Waals surface area contributed by atoms with Gasteiger partial charge in [-0.2, -0.15) is 0 Å². The summed E-state index contributed by atoms with van der Waals surface area (Å²) in [5, 5.41) is 11.4. The van der Waals surface area contributed by atoms with Gasteiger partial charge in [-0.1, -0.05) is 42.5 Å². The third-order valence-electron chi connectivity index (χ3n) is 4.90. The van der Waals surface area contributed by atoms with E-state index >= 15 is 0 Å². The van der Waals surface area contributed by atoms with E-state index in [9.17, 15) is 9.59 Å². The summed E-state index contributed by atoms with van der Waals surface area (Å²) in [6.45, 7) is 0.662. The second-order valence-corrected chi connectivity index (χ2v) is 6.66. The van der Waals surface area contributed by atoms with E-state index in [0.717, 1.165) is 5.56 Å². The van der Waals surface area contributed by atoms with Crippen molar-refractivity contribution in [3.63, 3.8) is 0 Å². The molecule has 0 spiro atoms. The summed E-state index contributed by atoms with van der Waals surface area (Å²) in [6.07, 6.45) is 0.0503. The number of carboxylic acid groups (broad SMARTS) is 1. The normalized spacial score (nSPS) is 16.7. The average molecular weight is 361 g/mol. The number of ether oxygens (including phenoxy) is 1. The molecule has 1 amide bonds. The summed E-state index contributed by atoms with van der Waals surface area (Å²) < 4.78 is 5.91. The second-order valence-electron chi connectivity index (χ2n) is 6.66. The Labute approximate surface area is 156 Å². The topological polar surface area (TPSA) is 66.8 Å². The molecule has 1 N–H and O–H groups in total. The molecule has 0 aliphatic carbocycles. The number of hydrogen-bond acceptors (Lipinski definition) is 3. The number of hydrogen-bond donors (Lipinski definition) is 1. The van der Waals surface area contributed by atoms with E-state index in [-0.39, 0.29) is 18.9 Å². The molecule has 1 fully saturated rings. The van der Waals surface area contributed by atoms with E-state index in [4.69, 9.17) is 9.84 Å². The monoisotopic (exact) mass is 361 g/mol. The summed E-state index contributed by atoms with van der Waals surface area (Å²) in [5.41, 5.74) is 1.80. The highest BCUT2D eigenvalue weighted by Gasteiger charge is 2.34. The molecule has 27 heavy (non-hydrogen) atoms. The Balaban J connectivity index is 1.45. The van der Waals surface area contributed by atoms with Gasteiger partial charge in [-0.3, -0.25) is 9.59 Å². The molecule has 0 aromatic heterocycles. The standard InChI is InChI=1S/C22H19NO4/c24-21-12-17(22(25)26)13-23(21)18-8-10-19(11-9-18)27-14-16-6-3-5-15-4-1-2-7-20(15)16/h1-11,17H,12-14H2,(H,25,26)/t17-/m0/s1. The second kappa shape index (κ2) is 7.11. The van der Waals surface area contributed by atoms with Crippen molar-refractivity contribution < 1.29 is 19.4 Å². The summed E-state index contributed by atoms with van der Waals surface area (Å²) in [5.74, 6) is -1.03. The molecule has 5 heteroatoms. The SMILES string of the molecule is O=C(O)[C@H]1CC(=O)N(c2ccc(OCc3cccc4ccccc34)cc2)C1. The quantitative estimate of drug-likeness (QED) is 0.749. The smallest absolute Gasteiger partial charge is 0.308 e. The van der Waals surface area contributed by atoms with Crippen LogP contribution in [0.5, 0.6) is 5.75 Å². The maximum Gasteiger partial charge on any atom is 0.308 e. The molecule has 0 radical (unpaired) electrons. The minimum atomic E-state index is -0.930. The van der Waals surface area contributed by atoms with Gasteiger partial charge in [0, 0.05) is 18.7 Å². The van der Waals surface area contributed by atoms with Gasteiger partial charge in [-0.15, -0.1) is 0 Å². The van der Waals surface area contributed by atoms with Gasteiger partial charge in [0.1, 0.15) is 12.4 Å². The lowest BCUT2D eigenvalue weighted by Gasteiger charge is -2.16. The number of carboxylic acids is 1. The van der Waals surface area contributed by atoms with Crippen LogP contribution in [0.15, 0.2) is 66.7 Å². The van der Waals surface area contributed by atoms with Gasteiger partial charge >= 0.3 is 5.97 Å². The minimum absolute atomic E-state index is 0.0503. The van der Waals surface area contributed by atoms with Crippen LogP contribution in [0.2, 0.25) is 0 Å². The van der Waals surface area contributed by atoms with Crippen LogP contribution in [-0.4, -0.2) is 23.5 Å². The third kappa shape index (κ3) is 3.49. The summed E-state index contributed by atoms with van der Waals surface area (Å²) in [4.78, 5) is 24.7. The molecule has 1 atom stereocenters. The lowest BCUT2D eigenvalue weighted by atomic mass is 10.1. The van der Waals surface area contributed by atoms with E-state index in [1.165, 1.54) is 15.7 Å². The van der Waals surface area contributed by atoms with E-state index in [2.05, 4.69) is 18.2 Å². The van der Waals surface area contributed by atoms with Crippen LogP contribution in [-0.2, 0) is 16.2 Å². The number of fused-ring (bicyclic) bond motifs is 1.